The van der Waals surface area contributed by atoms with E-state index in [2.05, 4.69) is 22.0 Å². The van der Waals surface area contributed by atoms with Gasteiger partial charge in [0.05, 0.1) is 6.54 Å². The van der Waals surface area contributed by atoms with E-state index in [1.807, 2.05) is 48.9 Å². The summed E-state index contributed by atoms with van der Waals surface area (Å²) >= 11 is 5.23. The van der Waals surface area contributed by atoms with E-state index in [-0.39, 0.29) is 5.78 Å². The number of rotatable bonds is 3. The van der Waals surface area contributed by atoms with Crippen LogP contribution in [0.25, 0.3) is 10.9 Å². The van der Waals surface area contributed by atoms with Crippen LogP contribution in [0.3, 0.4) is 0 Å². The van der Waals surface area contributed by atoms with Crippen LogP contribution in [0, 0.1) is 13.8 Å². The molecule has 0 fully saturated rings. The zero-order valence-electron chi connectivity index (χ0n) is 11.3. The molecule has 0 unspecified atom stereocenters. The molecule has 3 rings (SSSR count). The van der Waals surface area contributed by atoms with Crippen molar-refractivity contribution >= 4 is 44.0 Å². The summed E-state index contributed by atoms with van der Waals surface area (Å²) in [4.78, 5) is 14.8. The zero-order chi connectivity index (χ0) is 14.3. The average Bonchev–Trinajstić information content (AvgIpc) is 2.91. The first kappa shape index (κ1) is 13.6. The molecule has 0 bridgehead atoms. The third-order valence-electron chi connectivity index (χ3n) is 3.40. The summed E-state index contributed by atoms with van der Waals surface area (Å²) in [6.45, 7) is 4.42. The van der Waals surface area contributed by atoms with Crippen molar-refractivity contribution in [1.82, 2.24) is 4.57 Å². The fourth-order valence-corrected chi connectivity index (χ4v) is 4.01. The summed E-state index contributed by atoms with van der Waals surface area (Å²) in [5.74, 6) is 0.167. The number of halogens is 1. The van der Waals surface area contributed by atoms with Gasteiger partial charge in [-0.1, -0.05) is 18.2 Å². The summed E-state index contributed by atoms with van der Waals surface area (Å²) in [6.07, 6.45) is 1.98. The van der Waals surface area contributed by atoms with Crippen LogP contribution in [-0.4, -0.2) is 10.4 Å². The first-order valence-electron chi connectivity index (χ1n) is 6.40. The van der Waals surface area contributed by atoms with E-state index in [9.17, 15) is 4.79 Å². The Morgan fingerprint density at radius 3 is 2.75 bits per heavy atom. The van der Waals surface area contributed by atoms with Crippen molar-refractivity contribution in [3.63, 3.8) is 0 Å². The third kappa shape index (κ3) is 2.34. The number of thiophene rings is 1. The van der Waals surface area contributed by atoms with Gasteiger partial charge in [0.1, 0.15) is 0 Å². The molecule has 2 aromatic heterocycles. The van der Waals surface area contributed by atoms with Crippen LogP contribution in [0.1, 0.15) is 20.1 Å². The molecule has 0 amide bonds. The van der Waals surface area contributed by atoms with Gasteiger partial charge < -0.3 is 4.57 Å². The summed E-state index contributed by atoms with van der Waals surface area (Å²) in [6, 6.07) is 10.1. The molecule has 0 saturated carbocycles. The highest BCUT2D eigenvalue weighted by Crippen LogP contribution is 2.27. The Hall–Kier alpha value is -1.39. The van der Waals surface area contributed by atoms with Gasteiger partial charge in [0, 0.05) is 36.9 Å². The van der Waals surface area contributed by atoms with E-state index in [0.717, 1.165) is 25.8 Å². The first-order valence-corrected chi connectivity index (χ1v) is 8.01. The number of ketones is 1. The van der Waals surface area contributed by atoms with Crippen molar-refractivity contribution in [2.75, 3.05) is 0 Å². The molecule has 102 valence electrons. The molecule has 1 aromatic carbocycles. The molecule has 4 heteroatoms. The lowest BCUT2D eigenvalue weighted by Crippen LogP contribution is -2.09. The quantitative estimate of drug-likeness (QED) is 0.613. The van der Waals surface area contributed by atoms with Gasteiger partial charge >= 0.3 is 0 Å². The Morgan fingerprint density at radius 2 is 2.05 bits per heavy atom. The lowest BCUT2D eigenvalue weighted by molar-refractivity contribution is 0.0973. The van der Waals surface area contributed by atoms with Crippen molar-refractivity contribution in [3.8, 4) is 0 Å². The maximum atomic E-state index is 12.5. The molecule has 0 radical (unpaired) electrons. The molecule has 2 heterocycles. The minimum Gasteiger partial charge on any atom is -0.338 e. The van der Waals surface area contributed by atoms with Gasteiger partial charge in [0.15, 0.2) is 5.78 Å². The molecule has 0 spiro atoms. The number of carbonyl (C=O) groups excluding carboxylic acids is 1. The number of fused-ring (bicyclic) bond motifs is 1. The topological polar surface area (TPSA) is 22.0 Å². The number of Topliss-reactive ketones (excluding diaryl/α,β-unsaturated/α-hetero) is 1. The number of aromatic nitrogens is 1. The van der Waals surface area contributed by atoms with Crippen molar-refractivity contribution in [2.45, 2.75) is 20.4 Å². The minimum absolute atomic E-state index is 0.167. The van der Waals surface area contributed by atoms with Crippen LogP contribution in [0.15, 0.2) is 41.0 Å². The smallest absolute Gasteiger partial charge is 0.183 e. The maximum Gasteiger partial charge on any atom is 0.183 e. The number of carbonyl (C=O) groups is 1. The number of nitrogens with zero attached hydrogens (tertiary/aromatic N) is 1. The van der Waals surface area contributed by atoms with Crippen LogP contribution < -0.4 is 0 Å². The summed E-state index contributed by atoms with van der Waals surface area (Å²) in [7, 11) is 0. The number of hydrogen-bond donors (Lipinski definition) is 0. The lowest BCUT2D eigenvalue weighted by Gasteiger charge is -2.04. The molecule has 0 N–H and O–H groups in total. The molecule has 0 saturated heterocycles. The molecular formula is C16H14BrNOS. The van der Waals surface area contributed by atoms with E-state index in [4.69, 9.17) is 0 Å². The normalized spacial score (nSPS) is 11.2. The molecule has 20 heavy (non-hydrogen) atoms. The van der Waals surface area contributed by atoms with E-state index in [1.54, 1.807) is 11.3 Å². The van der Waals surface area contributed by atoms with E-state index in [1.165, 1.54) is 4.88 Å². The van der Waals surface area contributed by atoms with Crippen molar-refractivity contribution in [1.29, 1.82) is 0 Å². The second kappa shape index (κ2) is 5.19. The minimum atomic E-state index is 0.167. The fraction of sp³-hybridized carbons (Fsp3) is 0.188. The van der Waals surface area contributed by atoms with Crippen LogP contribution in [0.4, 0.5) is 0 Å². The molecule has 2 nitrogen and oxygen atoms in total. The van der Waals surface area contributed by atoms with Gasteiger partial charge in [0.2, 0.25) is 0 Å². The average molecular weight is 348 g/mol. The number of para-hydroxylation sites is 1. The highest BCUT2D eigenvalue weighted by molar-refractivity contribution is 9.10. The second-order valence-corrected chi connectivity index (χ2v) is 7.19. The number of benzene rings is 1. The predicted molar refractivity (Wildman–Crippen MR) is 87.8 cm³/mol. The van der Waals surface area contributed by atoms with Crippen LogP contribution in [0.5, 0.6) is 0 Å². The monoisotopic (exact) mass is 347 g/mol. The second-order valence-electron chi connectivity index (χ2n) is 4.87. The lowest BCUT2D eigenvalue weighted by atomic mass is 10.1. The number of hydrogen-bond acceptors (Lipinski definition) is 2. The van der Waals surface area contributed by atoms with Gasteiger partial charge in [0.25, 0.3) is 0 Å². The molecule has 0 atom stereocenters. The number of aryl methyl sites for hydroxylation is 2. The zero-order valence-corrected chi connectivity index (χ0v) is 13.7. The van der Waals surface area contributed by atoms with Crippen molar-refractivity contribution in [3.05, 3.63) is 56.3 Å². The van der Waals surface area contributed by atoms with Crippen LogP contribution >= 0.6 is 27.3 Å². The van der Waals surface area contributed by atoms with Crippen LogP contribution in [0.2, 0.25) is 0 Å². The molecular weight excluding hydrogens is 334 g/mol. The van der Waals surface area contributed by atoms with Gasteiger partial charge in [-0.25, -0.2) is 0 Å². The Morgan fingerprint density at radius 1 is 1.30 bits per heavy atom. The molecule has 0 aliphatic heterocycles. The Bertz CT molecular complexity index is 800. The Balaban J connectivity index is 1.97. The predicted octanol–water partition coefficient (Wildman–Crippen LogP) is 4.97. The van der Waals surface area contributed by atoms with Crippen LogP contribution in [-0.2, 0) is 6.54 Å². The Kier molecular flexibility index (Phi) is 3.52. The first-order chi connectivity index (χ1) is 9.56. The van der Waals surface area contributed by atoms with E-state index in [0.29, 0.717) is 6.54 Å². The van der Waals surface area contributed by atoms with E-state index < -0.39 is 0 Å². The summed E-state index contributed by atoms with van der Waals surface area (Å²) in [5, 5.41) is 1.14. The molecule has 0 aliphatic rings. The highest BCUT2D eigenvalue weighted by Gasteiger charge is 2.14. The largest absolute Gasteiger partial charge is 0.338 e. The van der Waals surface area contributed by atoms with Gasteiger partial charge in [-0.3, -0.25) is 4.79 Å². The standard InChI is InChI=1S/C16H14BrNOS/c1-10-7-13(11(2)20-10)16(19)9-18-8-14(17)12-5-3-4-6-15(12)18/h3-8H,9H2,1-2H3. The maximum absolute atomic E-state index is 12.5. The molecule has 0 aliphatic carbocycles. The fourth-order valence-electron chi connectivity index (χ4n) is 2.48. The molecule has 3 aromatic rings. The SMILES string of the molecule is Cc1cc(C(=O)Cn2cc(Br)c3ccccc32)c(C)s1. The van der Waals surface area contributed by atoms with Gasteiger partial charge in [-0.2, -0.15) is 0 Å². The van der Waals surface area contributed by atoms with Crippen molar-refractivity contribution in [2.24, 2.45) is 0 Å². The summed E-state index contributed by atoms with van der Waals surface area (Å²) in [5.41, 5.74) is 1.93. The van der Waals surface area contributed by atoms with E-state index >= 15 is 0 Å². The van der Waals surface area contributed by atoms with Crippen molar-refractivity contribution < 1.29 is 4.79 Å². The summed E-state index contributed by atoms with van der Waals surface area (Å²) < 4.78 is 3.04. The van der Waals surface area contributed by atoms with Gasteiger partial charge in [-0.05, 0) is 41.9 Å². The van der Waals surface area contributed by atoms with Gasteiger partial charge in [-0.15, -0.1) is 11.3 Å². The third-order valence-corrected chi connectivity index (χ3v) is 4.99. The Labute approximate surface area is 130 Å². The highest BCUT2D eigenvalue weighted by atomic mass is 79.9.